The molecule has 100 valence electrons. The average molecular weight is 284 g/mol. The second-order valence-corrected chi connectivity index (χ2v) is 5.08. The van der Waals surface area contributed by atoms with Crippen LogP contribution in [0.1, 0.15) is 5.56 Å². The Morgan fingerprint density at radius 1 is 1.00 bits per heavy atom. The normalized spacial score (nSPS) is 10.8. The highest BCUT2D eigenvalue weighted by Crippen LogP contribution is 2.33. The summed E-state index contributed by atoms with van der Waals surface area (Å²) >= 11 is 6.17. The minimum atomic E-state index is 0.490. The van der Waals surface area contributed by atoms with Gasteiger partial charge in [0, 0.05) is 11.5 Å². The van der Waals surface area contributed by atoms with Gasteiger partial charge < -0.3 is 4.74 Å². The molecule has 1 aromatic heterocycles. The number of halogens is 1. The molecule has 3 heteroatoms. The molecule has 0 aliphatic rings. The molecule has 0 saturated carbocycles. The van der Waals surface area contributed by atoms with Crippen LogP contribution in [-0.4, -0.2) is 12.1 Å². The Bertz CT molecular complexity index is 783. The van der Waals surface area contributed by atoms with Crippen LogP contribution in [0.4, 0.5) is 0 Å². The third kappa shape index (κ3) is 2.23. The van der Waals surface area contributed by atoms with Crippen molar-refractivity contribution in [1.29, 1.82) is 0 Å². The van der Waals surface area contributed by atoms with Crippen LogP contribution in [0, 0.1) is 6.92 Å². The lowest BCUT2D eigenvalue weighted by Crippen LogP contribution is -1.90. The highest BCUT2D eigenvalue weighted by Gasteiger charge is 2.09. The molecule has 0 unspecified atom stereocenters. The van der Waals surface area contributed by atoms with E-state index in [-0.39, 0.29) is 0 Å². The number of fused-ring (bicyclic) bond motifs is 1. The molecule has 0 N–H and O–H groups in total. The van der Waals surface area contributed by atoms with E-state index in [0.29, 0.717) is 5.15 Å². The third-order valence-electron chi connectivity index (χ3n) is 3.42. The summed E-state index contributed by atoms with van der Waals surface area (Å²) in [6.07, 6.45) is 0. The predicted octanol–water partition coefficient (Wildman–Crippen LogP) is 4.87. The van der Waals surface area contributed by atoms with E-state index in [9.17, 15) is 0 Å². The van der Waals surface area contributed by atoms with E-state index in [4.69, 9.17) is 16.3 Å². The van der Waals surface area contributed by atoms with Crippen LogP contribution in [0.5, 0.6) is 5.75 Å². The first-order valence-corrected chi connectivity index (χ1v) is 6.77. The minimum Gasteiger partial charge on any atom is -0.497 e. The van der Waals surface area contributed by atoms with Gasteiger partial charge in [0.05, 0.1) is 12.6 Å². The van der Waals surface area contributed by atoms with Gasteiger partial charge in [0.15, 0.2) is 0 Å². The number of ether oxygens (including phenoxy) is 1. The Morgan fingerprint density at radius 2 is 1.80 bits per heavy atom. The van der Waals surface area contributed by atoms with Gasteiger partial charge in [-0.05, 0) is 41.8 Å². The first kappa shape index (κ1) is 12.9. The molecule has 20 heavy (non-hydrogen) atoms. The molecule has 0 atom stereocenters. The number of hydrogen-bond donors (Lipinski definition) is 0. The molecular formula is C17H14ClNO. The number of methoxy groups -OCH3 is 1. The van der Waals surface area contributed by atoms with E-state index in [2.05, 4.69) is 24.0 Å². The zero-order chi connectivity index (χ0) is 14.1. The first-order chi connectivity index (χ1) is 9.69. The maximum absolute atomic E-state index is 6.17. The maximum atomic E-state index is 6.17. The fourth-order valence-corrected chi connectivity index (χ4v) is 2.60. The second-order valence-electron chi connectivity index (χ2n) is 4.69. The fourth-order valence-electron chi connectivity index (χ4n) is 2.40. The van der Waals surface area contributed by atoms with E-state index in [0.717, 1.165) is 22.2 Å². The quantitative estimate of drug-likeness (QED) is 0.626. The average Bonchev–Trinajstić information content (AvgIpc) is 2.46. The van der Waals surface area contributed by atoms with Gasteiger partial charge in [0.25, 0.3) is 0 Å². The number of nitrogens with zero attached hydrogens (tertiary/aromatic N) is 1. The number of aromatic nitrogens is 1. The van der Waals surface area contributed by atoms with Gasteiger partial charge in [0.2, 0.25) is 0 Å². The lowest BCUT2D eigenvalue weighted by atomic mass is 9.97. The van der Waals surface area contributed by atoms with Crippen molar-refractivity contribution in [1.82, 2.24) is 4.98 Å². The smallest absolute Gasteiger partial charge is 0.130 e. The Morgan fingerprint density at radius 3 is 2.55 bits per heavy atom. The van der Waals surface area contributed by atoms with Crippen molar-refractivity contribution in [2.45, 2.75) is 6.92 Å². The van der Waals surface area contributed by atoms with Gasteiger partial charge in [-0.2, -0.15) is 0 Å². The van der Waals surface area contributed by atoms with Crippen molar-refractivity contribution in [3.63, 3.8) is 0 Å². The summed E-state index contributed by atoms with van der Waals surface area (Å²) in [4.78, 5) is 4.39. The van der Waals surface area contributed by atoms with Crippen LogP contribution >= 0.6 is 11.6 Å². The van der Waals surface area contributed by atoms with Gasteiger partial charge in [0.1, 0.15) is 10.9 Å². The molecule has 0 bridgehead atoms. The lowest BCUT2D eigenvalue weighted by molar-refractivity contribution is 0.415. The zero-order valence-electron chi connectivity index (χ0n) is 11.4. The number of benzene rings is 2. The van der Waals surface area contributed by atoms with Crippen molar-refractivity contribution in [3.8, 4) is 16.9 Å². The molecule has 3 rings (SSSR count). The molecule has 0 aliphatic heterocycles. The van der Waals surface area contributed by atoms with E-state index in [1.807, 2.05) is 36.4 Å². The summed E-state index contributed by atoms with van der Waals surface area (Å²) in [5.74, 6) is 0.781. The van der Waals surface area contributed by atoms with Crippen LogP contribution < -0.4 is 4.74 Å². The van der Waals surface area contributed by atoms with Crippen molar-refractivity contribution >= 4 is 22.5 Å². The molecule has 0 amide bonds. The second kappa shape index (κ2) is 5.14. The number of rotatable bonds is 2. The third-order valence-corrected chi connectivity index (χ3v) is 3.61. The van der Waals surface area contributed by atoms with Crippen LogP contribution in [0.2, 0.25) is 5.15 Å². The van der Waals surface area contributed by atoms with Crippen molar-refractivity contribution < 1.29 is 4.74 Å². The van der Waals surface area contributed by atoms with Crippen LogP contribution in [0.3, 0.4) is 0 Å². The topological polar surface area (TPSA) is 22.1 Å². The van der Waals surface area contributed by atoms with E-state index in [1.165, 1.54) is 11.1 Å². The SMILES string of the molecule is COc1ccc2c(-c3ccccc3C)cc(Cl)nc2c1. The number of aryl methyl sites for hydroxylation is 1. The summed E-state index contributed by atoms with van der Waals surface area (Å²) in [5, 5.41) is 1.56. The van der Waals surface area contributed by atoms with Crippen molar-refractivity contribution in [2.75, 3.05) is 7.11 Å². The summed E-state index contributed by atoms with van der Waals surface area (Å²) in [6.45, 7) is 2.10. The molecule has 3 aromatic rings. The Hall–Kier alpha value is -2.06. The fraction of sp³-hybridized carbons (Fsp3) is 0.118. The molecule has 0 spiro atoms. The molecule has 0 aliphatic carbocycles. The Balaban J connectivity index is 2.33. The van der Waals surface area contributed by atoms with Crippen LogP contribution in [-0.2, 0) is 0 Å². The van der Waals surface area contributed by atoms with E-state index >= 15 is 0 Å². The van der Waals surface area contributed by atoms with Crippen LogP contribution in [0.25, 0.3) is 22.0 Å². The standard InChI is InChI=1S/C17H14ClNO/c1-11-5-3-4-6-13(11)15-10-17(18)19-16-9-12(20-2)7-8-14(15)16/h3-10H,1-2H3. The molecule has 0 fully saturated rings. The molecule has 2 nitrogen and oxygen atoms in total. The van der Waals surface area contributed by atoms with Gasteiger partial charge in [-0.15, -0.1) is 0 Å². The molecule has 0 radical (unpaired) electrons. The summed E-state index contributed by atoms with van der Waals surface area (Å²) in [5.41, 5.74) is 4.33. The predicted molar refractivity (Wildman–Crippen MR) is 83.5 cm³/mol. The summed E-state index contributed by atoms with van der Waals surface area (Å²) in [6, 6.07) is 16.1. The van der Waals surface area contributed by atoms with E-state index < -0.39 is 0 Å². The van der Waals surface area contributed by atoms with Crippen LogP contribution in [0.15, 0.2) is 48.5 Å². The monoisotopic (exact) mass is 283 g/mol. The number of pyridine rings is 1. The highest BCUT2D eigenvalue weighted by molar-refractivity contribution is 6.30. The van der Waals surface area contributed by atoms with Crippen molar-refractivity contribution in [2.24, 2.45) is 0 Å². The Labute approximate surface area is 123 Å². The zero-order valence-corrected chi connectivity index (χ0v) is 12.1. The molecule has 0 saturated heterocycles. The van der Waals surface area contributed by atoms with E-state index in [1.54, 1.807) is 7.11 Å². The highest BCUT2D eigenvalue weighted by atomic mass is 35.5. The van der Waals surface area contributed by atoms with Gasteiger partial charge in [-0.25, -0.2) is 4.98 Å². The van der Waals surface area contributed by atoms with Gasteiger partial charge in [-0.1, -0.05) is 35.9 Å². The first-order valence-electron chi connectivity index (χ1n) is 6.39. The molecule has 2 aromatic carbocycles. The minimum absolute atomic E-state index is 0.490. The largest absolute Gasteiger partial charge is 0.497 e. The van der Waals surface area contributed by atoms with Gasteiger partial charge >= 0.3 is 0 Å². The molecule has 1 heterocycles. The summed E-state index contributed by atoms with van der Waals surface area (Å²) < 4.78 is 5.25. The number of hydrogen-bond acceptors (Lipinski definition) is 2. The lowest BCUT2D eigenvalue weighted by Gasteiger charge is -2.11. The van der Waals surface area contributed by atoms with Gasteiger partial charge in [-0.3, -0.25) is 0 Å². The Kier molecular flexibility index (Phi) is 3.33. The summed E-state index contributed by atoms with van der Waals surface area (Å²) in [7, 11) is 1.65. The molecular weight excluding hydrogens is 270 g/mol. The van der Waals surface area contributed by atoms with Crippen molar-refractivity contribution in [3.05, 3.63) is 59.2 Å². The maximum Gasteiger partial charge on any atom is 0.130 e.